The van der Waals surface area contributed by atoms with Gasteiger partial charge in [-0.1, -0.05) is 23.7 Å². The van der Waals surface area contributed by atoms with Crippen molar-refractivity contribution in [3.63, 3.8) is 0 Å². The summed E-state index contributed by atoms with van der Waals surface area (Å²) in [6.45, 7) is 1.79. The van der Waals surface area contributed by atoms with E-state index in [2.05, 4.69) is 10.2 Å². The average Bonchev–Trinajstić information content (AvgIpc) is 3.16. The number of carboxylic acid groups (broad SMARTS) is 1. The lowest BCUT2D eigenvalue weighted by molar-refractivity contribution is -0.141. The lowest BCUT2D eigenvalue weighted by Gasteiger charge is -2.24. The van der Waals surface area contributed by atoms with E-state index in [1.54, 1.807) is 36.8 Å². The molecule has 3 atom stereocenters. The van der Waals surface area contributed by atoms with Gasteiger partial charge in [0, 0.05) is 16.1 Å². The maximum absolute atomic E-state index is 11.7. The number of rotatable bonds is 6. The Kier molecular flexibility index (Phi) is 6.05. The first-order valence-corrected chi connectivity index (χ1v) is 10.3. The van der Waals surface area contributed by atoms with Gasteiger partial charge in [-0.2, -0.15) is 0 Å². The molecule has 0 radical (unpaired) electrons. The molecule has 1 aromatic heterocycles. The molecule has 1 aliphatic heterocycles. The third kappa shape index (κ3) is 3.79. The number of nitrogens with zero attached hydrogens (tertiary/aromatic N) is 3. The summed E-state index contributed by atoms with van der Waals surface area (Å²) in [5.41, 5.74) is 8.21. The number of benzene rings is 2. The van der Waals surface area contributed by atoms with Crippen LogP contribution in [0, 0.1) is 0 Å². The van der Waals surface area contributed by atoms with E-state index < -0.39 is 24.2 Å². The zero-order valence-electron chi connectivity index (χ0n) is 17.8. The Bertz CT molecular complexity index is 1160. The monoisotopic (exact) mass is 458 g/mol. The fourth-order valence-corrected chi connectivity index (χ4v) is 4.13. The largest absolute Gasteiger partial charge is 0.493 e. The van der Waals surface area contributed by atoms with Crippen molar-refractivity contribution >= 4 is 17.6 Å². The zero-order valence-corrected chi connectivity index (χ0v) is 18.5. The van der Waals surface area contributed by atoms with Crippen molar-refractivity contribution in [2.75, 3.05) is 14.2 Å². The van der Waals surface area contributed by atoms with Gasteiger partial charge >= 0.3 is 5.97 Å². The van der Waals surface area contributed by atoms with E-state index in [-0.39, 0.29) is 6.42 Å². The number of hydrogen-bond donors (Lipinski definition) is 2. The van der Waals surface area contributed by atoms with Crippen LogP contribution in [0.5, 0.6) is 11.5 Å². The third-order valence-electron chi connectivity index (χ3n) is 5.30. The number of methoxy groups -OCH3 is 2. The Hall–Kier alpha value is -3.14. The smallest absolute Gasteiger partial charge is 0.306 e. The topological polar surface area (TPSA) is 122 Å². The van der Waals surface area contributed by atoms with E-state index in [0.717, 1.165) is 0 Å². The molecule has 1 aliphatic rings. The average molecular weight is 459 g/mol. The molecule has 2 aromatic carbocycles. The highest BCUT2D eigenvalue weighted by Crippen LogP contribution is 2.46. The van der Waals surface area contributed by atoms with Gasteiger partial charge in [-0.25, -0.2) is 0 Å². The molecule has 4 rings (SSSR count). The quantitative estimate of drug-likeness (QED) is 0.574. The number of carbonyl (C=O) groups is 1. The Balaban J connectivity index is 2.02. The van der Waals surface area contributed by atoms with Crippen LogP contribution in [0.3, 0.4) is 0 Å². The van der Waals surface area contributed by atoms with Gasteiger partial charge in [-0.3, -0.25) is 9.36 Å². The van der Waals surface area contributed by atoms with E-state index >= 15 is 0 Å². The molecule has 3 N–H and O–H groups in total. The number of carboxylic acids is 1. The molecule has 168 valence electrons. The van der Waals surface area contributed by atoms with Gasteiger partial charge in [-0.05, 0) is 31.2 Å². The number of halogens is 1. The van der Waals surface area contributed by atoms with Crippen LogP contribution in [0.25, 0.3) is 5.69 Å². The summed E-state index contributed by atoms with van der Waals surface area (Å²) in [7, 11) is 3.08. The molecule has 0 amide bonds. The third-order valence-corrected chi connectivity index (χ3v) is 5.53. The number of aliphatic carboxylic acids is 1. The van der Waals surface area contributed by atoms with Crippen LogP contribution < -0.4 is 15.2 Å². The zero-order chi connectivity index (χ0) is 23.0. The second-order valence-electron chi connectivity index (χ2n) is 7.43. The normalized spacial score (nSPS) is 18.3. The van der Waals surface area contributed by atoms with Crippen molar-refractivity contribution in [2.45, 2.75) is 31.6 Å². The Morgan fingerprint density at radius 3 is 2.69 bits per heavy atom. The van der Waals surface area contributed by atoms with Gasteiger partial charge in [-0.15, -0.1) is 10.2 Å². The van der Waals surface area contributed by atoms with Crippen LogP contribution in [0.4, 0.5) is 0 Å². The Labute approximate surface area is 189 Å². The minimum Gasteiger partial charge on any atom is -0.493 e. The predicted molar refractivity (Wildman–Crippen MR) is 116 cm³/mol. The van der Waals surface area contributed by atoms with E-state index in [1.165, 1.54) is 7.11 Å². The van der Waals surface area contributed by atoms with Gasteiger partial charge in [0.05, 0.1) is 32.4 Å². The van der Waals surface area contributed by atoms with Crippen LogP contribution in [0.15, 0.2) is 36.4 Å². The Morgan fingerprint density at radius 2 is 2.03 bits per heavy atom. The molecule has 2 heterocycles. The van der Waals surface area contributed by atoms with Gasteiger partial charge in [0.2, 0.25) is 0 Å². The van der Waals surface area contributed by atoms with Crippen LogP contribution in [-0.2, 0) is 9.53 Å². The highest BCUT2D eigenvalue weighted by atomic mass is 35.5. The molecular weight excluding hydrogens is 436 g/mol. The molecule has 9 nitrogen and oxygen atoms in total. The highest BCUT2D eigenvalue weighted by Gasteiger charge is 2.37. The molecule has 2 unspecified atom stereocenters. The molecule has 0 aliphatic carbocycles. The summed E-state index contributed by atoms with van der Waals surface area (Å²) >= 11 is 6.37. The van der Waals surface area contributed by atoms with Crippen LogP contribution >= 0.6 is 11.6 Å². The second-order valence-corrected chi connectivity index (χ2v) is 7.87. The minimum absolute atomic E-state index is 0.318. The Morgan fingerprint density at radius 1 is 1.25 bits per heavy atom. The summed E-state index contributed by atoms with van der Waals surface area (Å²) < 4.78 is 19.3. The molecular formula is C22H23ClN4O5. The highest BCUT2D eigenvalue weighted by molar-refractivity contribution is 6.30. The summed E-state index contributed by atoms with van der Waals surface area (Å²) in [5, 5.41) is 18.5. The number of hydrogen-bond acceptors (Lipinski definition) is 7. The predicted octanol–water partition coefficient (Wildman–Crippen LogP) is 3.59. The van der Waals surface area contributed by atoms with Gasteiger partial charge in [0.25, 0.3) is 0 Å². The first-order valence-electron chi connectivity index (χ1n) is 9.94. The van der Waals surface area contributed by atoms with Crippen molar-refractivity contribution in [3.05, 3.63) is 64.2 Å². The molecule has 32 heavy (non-hydrogen) atoms. The minimum atomic E-state index is -1.03. The maximum atomic E-state index is 11.7. The summed E-state index contributed by atoms with van der Waals surface area (Å²) in [4.78, 5) is 11.7. The standard InChI is InChI=1S/C22H23ClN4O5/c1-11(24)21-25-26-22-17(10-18(28)29)32-19(13-5-4-6-16(30-2)20(13)31-3)14-9-12(23)7-8-15(14)27(21)22/h4-9,11,17,19H,10,24H2,1-3H3,(H,28,29)/t11-,17?,19?/m0/s1. The van der Waals surface area contributed by atoms with Gasteiger partial charge in [0.15, 0.2) is 23.1 Å². The first-order chi connectivity index (χ1) is 15.3. The van der Waals surface area contributed by atoms with Crippen LogP contribution in [0.1, 0.15) is 54.4 Å². The van der Waals surface area contributed by atoms with Crippen molar-refractivity contribution in [1.29, 1.82) is 0 Å². The van der Waals surface area contributed by atoms with Crippen LogP contribution in [0.2, 0.25) is 5.02 Å². The molecule has 0 spiro atoms. The maximum Gasteiger partial charge on any atom is 0.306 e. The van der Waals surface area contributed by atoms with Crippen molar-refractivity contribution in [2.24, 2.45) is 5.73 Å². The number of ether oxygens (including phenoxy) is 3. The van der Waals surface area contributed by atoms with E-state index in [9.17, 15) is 9.90 Å². The second kappa shape index (κ2) is 8.78. The van der Waals surface area contributed by atoms with Gasteiger partial charge < -0.3 is 25.1 Å². The SMILES string of the molecule is COc1cccc(C2OC(CC(=O)O)c3nnc([C@H](C)N)n3-c3ccc(Cl)cc32)c1OC. The number of fused-ring (bicyclic) bond motifs is 3. The molecule has 3 aromatic rings. The fourth-order valence-electron chi connectivity index (χ4n) is 3.95. The first kappa shape index (κ1) is 22.1. The molecule has 0 bridgehead atoms. The lowest BCUT2D eigenvalue weighted by atomic mass is 9.98. The molecule has 10 heteroatoms. The van der Waals surface area contributed by atoms with E-state index in [4.69, 9.17) is 31.5 Å². The fraction of sp³-hybridized carbons (Fsp3) is 0.318. The van der Waals surface area contributed by atoms with Crippen molar-refractivity contribution in [3.8, 4) is 17.2 Å². The van der Waals surface area contributed by atoms with Gasteiger partial charge in [0.1, 0.15) is 12.2 Å². The molecule has 0 saturated heterocycles. The summed E-state index contributed by atoms with van der Waals surface area (Å²) in [6.07, 6.45) is -1.94. The number of nitrogens with two attached hydrogens (primary N) is 1. The van der Waals surface area contributed by atoms with E-state index in [0.29, 0.717) is 45.0 Å². The number of aromatic nitrogens is 3. The van der Waals surface area contributed by atoms with E-state index in [1.807, 2.05) is 18.2 Å². The molecule has 0 saturated carbocycles. The molecule has 0 fully saturated rings. The number of para-hydroxylation sites is 1. The summed E-state index contributed by atoms with van der Waals surface area (Å²) in [5.74, 6) is 0.803. The summed E-state index contributed by atoms with van der Waals surface area (Å²) in [6, 6.07) is 10.3. The lowest BCUT2D eigenvalue weighted by Crippen LogP contribution is -2.16. The van der Waals surface area contributed by atoms with Crippen molar-refractivity contribution < 1.29 is 24.1 Å². The van der Waals surface area contributed by atoms with Crippen LogP contribution in [-0.4, -0.2) is 40.1 Å². The van der Waals surface area contributed by atoms with Crippen molar-refractivity contribution in [1.82, 2.24) is 14.8 Å².